The van der Waals surface area contributed by atoms with Crippen LogP contribution in [-0.2, 0) is 16.1 Å². The van der Waals surface area contributed by atoms with Gasteiger partial charge in [-0.15, -0.1) is 0 Å². The number of benzene rings is 3. The van der Waals surface area contributed by atoms with Gasteiger partial charge in [-0.2, -0.15) is 0 Å². The van der Waals surface area contributed by atoms with Crippen LogP contribution in [0.5, 0.6) is 0 Å². The van der Waals surface area contributed by atoms with Crippen molar-refractivity contribution in [1.29, 1.82) is 0 Å². The van der Waals surface area contributed by atoms with Gasteiger partial charge in [0.1, 0.15) is 0 Å². The number of anilines is 2. The van der Waals surface area contributed by atoms with Crippen molar-refractivity contribution in [2.45, 2.75) is 38.3 Å². The van der Waals surface area contributed by atoms with E-state index in [0.717, 1.165) is 34.1 Å². The lowest BCUT2D eigenvalue weighted by Gasteiger charge is -2.31. The minimum absolute atomic E-state index is 0.0367. The number of carboxylic acid groups (broad SMARTS) is 1. The van der Waals surface area contributed by atoms with Crippen LogP contribution in [0.4, 0.5) is 11.4 Å². The average molecular weight is 499 g/mol. The molecule has 0 saturated heterocycles. The number of rotatable bonds is 8. The summed E-state index contributed by atoms with van der Waals surface area (Å²) in [5.41, 5.74) is 5.83. The molecule has 6 nitrogen and oxygen atoms in total. The second kappa shape index (κ2) is 11.9. The number of aliphatic hydroxyl groups excluding tert-OH is 1. The van der Waals surface area contributed by atoms with Crippen molar-refractivity contribution >= 4 is 29.3 Å². The fourth-order valence-corrected chi connectivity index (χ4v) is 4.74. The fourth-order valence-electron chi connectivity index (χ4n) is 4.74. The van der Waals surface area contributed by atoms with E-state index in [4.69, 9.17) is 5.11 Å². The van der Waals surface area contributed by atoms with Crippen molar-refractivity contribution < 1.29 is 19.8 Å². The predicted molar refractivity (Wildman–Crippen MR) is 148 cm³/mol. The molecule has 0 aromatic heterocycles. The molecule has 0 bridgehead atoms. The summed E-state index contributed by atoms with van der Waals surface area (Å²) >= 11 is 0. The smallest absolute Gasteiger partial charge is 0.328 e. The molecule has 192 valence electrons. The highest BCUT2D eigenvalue weighted by atomic mass is 16.4. The quantitative estimate of drug-likeness (QED) is 0.395. The summed E-state index contributed by atoms with van der Waals surface area (Å²) in [4.78, 5) is 28.5. The number of hydrogen-bond donors (Lipinski definition) is 2. The minimum atomic E-state index is -1.02. The Morgan fingerprint density at radius 1 is 0.865 bits per heavy atom. The maximum absolute atomic E-state index is 13.7. The van der Waals surface area contributed by atoms with Gasteiger partial charge in [-0.1, -0.05) is 48.5 Å². The number of hydrogen-bond acceptors (Lipinski definition) is 4. The van der Waals surface area contributed by atoms with Gasteiger partial charge in [0.2, 0.25) is 5.91 Å². The highest BCUT2D eigenvalue weighted by molar-refractivity contribution is 5.95. The molecule has 1 amide bonds. The summed E-state index contributed by atoms with van der Waals surface area (Å²) in [6, 6.07) is 24.0. The van der Waals surface area contributed by atoms with Crippen LogP contribution in [0.3, 0.4) is 0 Å². The van der Waals surface area contributed by atoms with Crippen LogP contribution in [0, 0.1) is 5.92 Å². The van der Waals surface area contributed by atoms with Gasteiger partial charge in [-0.05, 0) is 78.3 Å². The van der Waals surface area contributed by atoms with Crippen LogP contribution in [0.25, 0.3) is 17.2 Å². The van der Waals surface area contributed by atoms with Gasteiger partial charge in [0.25, 0.3) is 0 Å². The summed E-state index contributed by atoms with van der Waals surface area (Å²) in [5, 5.41) is 18.9. The standard InChI is InChI=1S/C31H34N2O4/c1-32(2)27-15-11-25(12-16-27)24-9-6-23(7-10-24)21-33(31(37)26-13-17-29(34)18-14-26)28-5-3-4-22(20-28)8-19-30(35)36/h3-12,15-16,19-20,26,29,34H,13-14,17-18,21H2,1-2H3,(H,35,36)/b19-8+/t26-,29+. The summed E-state index contributed by atoms with van der Waals surface area (Å²) in [5.74, 6) is -1.12. The molecule has 0 atom stereocenters. The summed E-state index contributed by atoms with van der Waals surface area (Å²) in [7, 11) is 4.04. The Morgan fingerprint density at radius 3 is 2.08 bits per heavy atom. The molecule has 37 heavy (non-hydrogen) atoms. The van der Waals surface area contributed by atoms with Crippen molar-refractivity contribution in [3.63, 3.8) is 0 Å². The van der Waals surface area contributed by atoms with Crippen molar-refractivity contribution in [2.75, 3.05) is 23.9 Å². The Labute approximate surface area is 218 Å². The third kappa shape index (κ3) is 6.86. The molecule has 6 heteroatoms. The van der Waals surface area contributed by atoms with E-state index in [-0.39, 0.29) is 17.9 Å². The molecule has 0 spiro atoms. The van der Waals surface area contributed by atoms with Crippen LogP contribution in [0.15, 0.2) is 78.9 Å². The monoisotopic (exact) mass is 498 g/mol. The summed E-state index contributed by atoms with van der Waals surface area (Å²) < 4.78 is 0. The van der Waals surface area contributed by atoms with Crippen LogP contribution in [0.1, 0.15) is 36.8 Å². The predicted octanol–water partition coefficient (Wildman–Crippen LogP) is 5.60. The zero-order valence-corrected chi connectivity index (χ0v) is 21.4. The van der Waals surface area contributed by atoms with E-state index in [1.54, 1.807) is 4.90 Å². The van der Waals surface area contributed by atoms with Gasteiger partial charge in [0.05, 0.1) is 12.6 Å². The topological polar surface area (TPSA) is 81.1 Å². The van der Waals surface area contributed by atoms with E-state index in [2.05, 4.69) is 41.3 Å². The molecule has 2 N–H and O–H groups in total. The fraction of sp³-hybridized carbons (Fsp3) is 0.290. The Hall–Kier alpha value is -3.90. The normalized spacial score (nSPS) is 17.5. The number of amides is 1. The number of aliphatic carboxylic acids is 1. The molecule has 4 rings (SSSR count). The molecule has 1 fully saturated rings. The molecule has 1 aliphatic carbocycles. The van der Waals surface area contributed by atoms with Crippen LogP contribution in [0.2, 0.25) is 0 Å². The molecule has 3 aromatic carbocycles. The first kappa shape index (κ1) is 26.2. The van der Waals surface area contributed by atoms with Gasteiger partial charge in [-0.3, -0.25) is 4.79 Å². The lowest BCUT2D eigenvalue weighted by molar-refractivity contribution is -0.131. The number of aliphatic hydroxyl groups is 1. The first-order chi connectivity index (χ1) is 17.8. The Morgan fingerprint density at radius 2 is 1.49 bits per heavy atom. The van der Waals surface area contributed by atoms with Crippen molar-refractivity contribution in [2.24, 2.45) is 5.92 Å². The largest absolute Gasteiger partial charge is 0.478 e. The van der Waals surface area contributed by atoms with Crippen molar-refractivity contribution in [3.05, 3.63) is 90.0 Å². The molecular weight excluding hydrogens is 464 g/mol. The van der Waals surface area contributed by atoms with E-state index in [1.165, 1.54) is 6.08 Å². The average Bonchev–Trinajstić information content (AvgIpc) is 2.91. The van der Waals surface area contributed by atoms with E-state index in [1.807, 2.05) is 50.5 Å². The second-order valence-electron chi connectivity index (χ2n) is 9.83. The SMILES string of the molecule is CN(C)c1ccc(-c2ccc(CN(c3cccc(/C=C/C(=O)O)c3)C(=O)[C@H]3CC[C@@H](O)CC3)cc2)cc1. The van der Waals surface area contributed by atoms with E-state index < -0.39 is 5.97 Å². The van der Waals surface area contributed by atoms with E-state index in [0.29, 0.717) is 37.8 Å². The number of carbonyl (C=O) groups is 2. The van der Waals surface area contributed by atoms with Crippen LogP contribution >= 0.6 is 0 Å². The third-order valence-corrected chi connectivity index (χ3v) is 6.92. The zero-order chi connectivity index (χ0) is 26.4. The molecular formula is C31H34N2O4. The number of nitrogens with zero attached hydrogens (tertiary/aromatic N) is 2. The molecule has 1 aliphatic rings. The minimum Gasteiger partial charge on any atom is -0.478 e. The van der Waals surface area contributed by atoms with Gasteiger partial charge < -0.3 is 20.0 Å². The summed E-state index contributed by atoms with van der Waals surface area (Å²) in [6.07, 6.45) is 4.88. The Bertz CT molecular complexity index is 1240. The number of carbonyl (C=O) groups excluding carboxylic acids is 1. The molecule has 0 radical (unpaired) electrons. The van der Waals surface area contributed by atoms with Gasteiger partial charge in [-0.25, -0.2) is 4.79 Å². The van der Waals surface area contributed by atoms with E-state index in [9.17, 15) is 14.7 Å². The van der Waals surface area contributed by atoms with Gasteiger partial charge in [0.15, 0.2) is 0 Å². The Balaban J connectivity index is 1.59. The first-order valence-electron chi connectivity index (χ1n) is 12.7. The van der Waals surface area contributed by atoms with Crippen molar-refractivity contribution in [1.82, 2.24) is 0 Å². The van der Waals surface area contributed by atoms with Gasteiger partial charge >= 0.3 is 5.97 Å². The first-order valence-corrected chi connectivity index (χ1v) is 12.7. The highest BCUT2D eigenvalue weighted by Gasteiger charge is 2.29. The molecule has 0 heterocycles. The van der Waals surface area contributed by atoms with Gasteiger partial charge in [0, 0.05) is 37.5 Å². The maximum Gasteiger partial charge on any atom is 0.328 e. The molecule has 3 aromatic rings. The third-order valence-electron chi connectivity index (χ3n) is 6.92. The molecule has 0 unspecified atom stereocenters. The summed E-state index contributed by atoms with van der Waals surface area (Å²) in [6.45, 7) is 0.407. The van der Waals surface area contributed by atoms with Crippen molar-refractivity contribution in [3.8, 4) is 11.1 Å². The Kier molecular flexibility index (Phi) is 8.41. The maximum atomic E-state index is 13.7. The van der Waals surface area contributed by atoms with E-state index >= 15 is 0 Å². The zero-order valence-electron chi connectivity index (χ0n) is 21.4. The van der Waals surface area contributed by atoms with Crippen LogP contribution < -0.4 is 9.80 Å². The number of carboxylic acids is 1. The van der Waals surface area contributed by atoms with Crippen LogP contribution in [-0.4, -0.2) is 42.3 Å². The molecule has 1 saturated carbocycles. The lowest BCUT2D eigenvalue weighted by atomic mass is 9.86. The lowest BCUT2D eigenvalue weighted by Crippen LogP contribution is -2.38. The molecule has 0 aliphatic heterocycles. The second-order valence-corrected chi connectivity index (χ2v) is 9.83. The highest BCUT2D eigenvalue weighted by Crippen LogP contribution is 2.30.